The summed E-state index contributed by atoms with van der Waals surface area (Å²) in [5, 5.41) is 0. The third-order valence-electron chi connectivity index (χ3n) is 3.45. The highest BCUT2D eigenvalue weighted by Gasteiger charge is 2.36. The largest absolute Gasteiger partial charge is 0.332 e. The van der Waals surface area contributed by atoms with Crippen molar-refractivity contribution < 1.29 is 9.59 Å². The highest BCUT2D eigenvalue weighted by atomic mass is 16.2. The summed E-state index contributed by atoms with van der Waals surface area (Å²) in [4.78, 5) is 24.7. The van der Waals surface area contributed by atoms with E-state index in [0.717, 1.165) is 6.42 Å². The molecule has 17 heavy (non-hydrogen) atoms. The molecule has 0 aromatic heterocycles. The van der Waals surface area contributed by atoms with Crippen LogP contribution in [0.2, 0.25) is 0 Å². The van der Waals surface area contributed by atoms with E-state index in [-0.39, 0.29) is 23.7 Å². The Morgan fingerprint density at radius 1 is 1.18 bits per heavy atom. The molecule has 0 bridgehead atoms. The van der Waals surface area contributed by atoms with E-state index in [4.69, 9.17) is 0 Å². The summed E-state index contributed by atoms with van der Waals surface area (Å²) in [5.41, 5.74) is 1.21. The molecular weight excluding hydrogens is 214 g/mol. The highest BCUT2D eigenvalue weighted by Crippen LogP contribution is 2.31. The molecule has 1 heterocycles. The second-order valence-electron chi connectivity index (χ2n) is 4.64. The molecule has 0 radical (unpaired) electrons. The predicted octanol–water partition coefficient (Wildman–Crippen LogP) is 1.98. The number of carbonyl (C=O) groups is 2. The molecule has 2 rings (SSSR count). The molecular formula is C14H17NO2. The third kappa shape index (κ3) is 2.38. The molecule has 90 valence electrons. The van der Waals surface area contributed by atoms with E-state index in [1.54, 1.807) is 11.8 Å². The summed E-state index contributed by atoms with van der Waals surface area (Å²) in [6.45, 7) is 3.75. The normalized spacial score (nSPS) is 23.8. The van der Waals surface area contributed by atoms with Gasteiger partial charge in [-0.3, -0.25) is 9.59 Å². The van der Waals surface area contributed by atoms with Gasteiger partial charge >= 0.3 is 0 Å². The number of amides is 1. The minimum Gasteiger partial charge on any atom is -0.332 e. The monoisotopic (exact) mass is 231 g/mol. The standard InChI is InChI=1S/C14H17NO2/c1-10(16)14-8-13(9-15(14)11(2)17)12-6-4-3-5-7-12/h3-7,13-14H,8-9H2,1-2H3/t13?,14-/m0/s1. The fourth-order valence-corrected chi connectivity index (χ4v) is 2.54. The van der Waals surface area contributed by atoms with Gasteiger partial charge < -0.3 is 4.90 Å². The first-order valence-electron chi connectivity index (χ1n) is 5.92. The molecule has 1 saturated heterocycles. The fraction of sp³-hybridized carbons (Fsp3) is 0.429. The zero-order valence-electron chi connectivity index (χ0n) is 10.2. The van der Waals surface area contributed by atoms with E-state index in [1.165, 1.54) is 12.5 Å². The van der Waals surface area contributed by atoms with Gasteiger partial charge in [0.1, 0.15) is 0 Å². The lowest BCUT2D eigenvalue weighted by Crippen LogP contribution is -2.38. The molecule has 0 spiro atoms. The lowest BCUT2D eigenvalue weighted by atomic mass is 9.95. The van der Waals surface area contributed by atoms with Crippen LogP contribution in [0.15, 0.2) is 30.3 Å². The van der Waals surface area contributed by atoms with Crippen molar-refractivity contribution in [3.05, 3.63) is 35.9 Å². The molecule has 3 nitrogen and oxygen atoms in total. The van der Waals surface area contributed by atoms with Crippen molar-refractivity contribution in [2.75, 3.05) is 6.54 Å². The van der Waals surface area contributed by atoms with Gasteiger partial charge in [-0.05, 0) is 18.9 Å². The minimum atomic E-state index is -0.238. The lowest BCUT2D eigenvalue weighted by molar-refractivity contribution is -0.135. The van der Waals surface area contributed by atoms with E-state index in [2.05, 4.69) is 12.1 Å². The maximum absolute atomic E-state index is 11.5. The summed E-state index contributed by atoms with van der Waals surface area (Å²) in [5.74, 6) is 0.358. The van der Waals surface area contributed by atoms with E-state index in [0.29, 0.717) is 6.54 Å². The molecule has 1 fully saturated rings. The van der Waals surface area contributed by atoms with Crippen LogP contribution < -0.4 is 0 Å². The number of ketones is 1. The number of nitrogens with zero attached hydrogens (tertiary/aromatic N) is 1. The molecule has 1 aromatic carbocycles. The maximum atomic E-state index is 11.5. The van der Waals surface area contributed by atoms with Crippen LogP contribution >= 0.6 is 0 Å². The summed E-state index contributed by atoms with van der Waals surface area (Å²) in [6.07, 6.45) is 0.749. The Bertz CT molecular complexity index is 405. The Kier molecular flexibility index (Phi) is 3.27. The molecule has 1 aliphatic heterocycles. The van der Waals surface area contributed by atoms with E-state index >= 15 is 0 Å². The first-order valence-corrected chi connectivity index (χ1v) is 5.92. The third-order valence-corrected chi connectivity index (χ3v) is 3.45. The molecule has 2 atom stereocenters. The van der Waals surface area contributed by atoms with Gasteiger partial charge in [0.05, 0.1) is 6.04 Å². The van der Waals surface area contributed by atoms with E-state index in [1.807, 2.05) is 18.2 Å². The Balaban J connectivity index is 2.20. The summed E-state index contributed by atoms with van der Waals surface area (Å²) in [7, 11) is 0. The Morgan fingerprint density at radius 3 is 2.29 bits per heavy atom. The molecule has 0 aliphatic carbocycles. The first kappa shape index (κ1) is 11.8. The van der Waals surface area contributed by atoms with E-state index < -0.39 is 0 Å². The summed E-state index contributed by atoms with van der Waals surface area (Å²) < 4.78 is 0. The van der Waals surface area contributed by atoms with Gasteiger partial charge in [0.15, 0.2) is 5.78 Å². The summed E-state index contributed by atoms with van der Waals surface area (Å²) >= 11 is 0. The Morgan fingerprint density at radius 2 is 1.82 bits per heavy atom. The van der Waals surface area contributed by atoms with Gasteiger partial charge in [-0.25, -0.2) is 0 Å². The van der Waals surface area contributed by atoms with Crippen LogP contribution in [0.4, 0.5) is 0 Å². The molecule has 0 N–H and O–H groups in total. The molecule has 1 unspecified atom stereocenters. The van der Waals surface area contributed by atoms with Gasteiger partial charge in [0.25, 0.3) is 0 Å². The van der Waals surface area contributed by atoms with Crippen LogP contribution in [0.25, 0.3) is 0 Å². The van der Waals surface area contributed by atoms with Gasteiger partial charge in [-0.15, -0.1) is 0 Å². The second-order valence-corrected chi connectivity index (χ2v) is 4.64. The number of likely N-dealkylation sites (tertiary alicyclic amines) is 1. The van der Waals surface area contributed by atoms with Crippen LogP contribution in [0.1, 0.15) is 31.7 Å². The predicted molar refractivity (Wildman–Crippen MR) is 65.7 cm³/mol. The molecule has 1 aromatic rings. The van der Waals surface area contributed by atoms with Crippen molar-refractivity contribution >= 4 is 11.7 Å². The average Bonchev–Trinajstić information content (AvgIpc) is 2.75. The molecule has 1 amide bonds. The van der Waals surface area contributed by atoms with Crippen molar-refractivity contribution in [1.82, 2.24) is 4.90 Å². The topological polar surface area (TPSA) is 37.4 Å². The molecule has 1 aliphatic rings. The highest BCUT2D eigenvalue weighted by molar-refractivity contribution is 5.87. The number of hydrogen-bond acceptors (Lipinski definition) is 2. The quantitative estimate of drug-likeness (QED) is 0.780. The smallest absolute Gasteiger partial charge is 0.220 e. The Labute approximate surface area is 101 Å². The van der Waals surface area contributed by atoms with Crippen molar-refractivity contribution in [3.63, 3.8) is 0 Å². The van der Waals surface area contributed by atoms with Gasteiger partial charge in [-0.1, -0.05) is 30.3 Å². The number of carbonyl (C=O) groups excluding carboxylic acids is 2. The number of benzene rings is 1. The Hall–Kier alpha value is -1.64. The van der Waals surface area contributed by atoms with E-state index in [9.17, 15) is 9.59 Å². The van der Waals surface area contributed by atoms with Gasteiger partial charge in [-0.2, -0.15) is 0 Å². The zero-order valence-corrected chi connectivity index (χ0v) is 10.2. The van der Waals surface area contributed by atoms with Crippen molar-refractivity contribution in [1.29, 1.82) is 0 Å². The SMILES string of the molecule is CC(=O)[C@@H]1CC(c2ccccc2)CN1C(C)=O. The number of Topliss-reactive ketones (excluding diaryl/α,β-unsaturated/α-hetero) is 1. The van der Waals surface area contributed by atoms with Crippen LogP contribution in [0.3, 0.4) is 0 Å². The average molecular weight is 231 g/mol. The first-order chi connectivity index (χ1) is 8.09. The fourth-order valence-electron chi connectivity index (χ4n) is 2.54. The molecule has 0 saturated carbocycles. The number of rotatable bonds is 2. The second kappa shape index (κ2) is 4.70. The maximum Gasteiger partial charge on any atom is 0.220 e. The van der Waals surface area contributed by atoms with Gasteiger partial charge in [0.2, 0.25) is 5.91 Å². The van der Waals surface area contributed by atoms with Crippen LogP contribution in [-0.4, -0.2) is 29.2 Å². The lowest BCUT2D eigenvalue weighted by Gasteiger charge is -2.20. The number of hydrogen-bond donors (Lipinski definition) is 0. The van der Waals surface area contributed by atoms with Crippen LogP contribution in [-0.2, 0) is 9.59 Å². The molecule has 3 heteroatoms. The van der Waals surface area contributed by atoms with Crippen molar-refractivity contribution in [2.45, 2.75) is 32.2 Å². The zero-order chi connectivity index (χ0) is 12.4. The van der Waals surface area contributed by atoms with Crippen molar-refractivity contribution in [3.8, 4) is 0 Å². The van der Waals surface area contributed by atoms with Crippen LogP contribution in [0.5, 0.6) is 0 Å². The van der Waals surface area contributed by atoms with Crippen molar-refractivity contribution in [2.24, 2.45) is 0 Å². The summed E-state index contributed by atoms with van der Waals surface area (Å²) in [6, 6.07) is 9.85. The van der Waals surface area contributed by atoms with Crippen LogP contribution in [0, 0.1) is 0 Å². The van der Waals surface area contributed by atoms with Gasteiger partial charge in [0, 0.05) is 19.4 Å². The minimum absolute atomic E-state index is 0.0105.